The van der Waals surface area contributed by atoms with E-state index in [4.69, 9.17) is 9.47 Å². The van der Waals surface area contributed by atoms with Crippen LogP contribution < -0.4 is 15.4 Å². The molecule has 0 spiro atoms. The fraction of sp³-hybridized carbons (Fsp3) is 0.562. The van der Waals surface area contributed by atoms with Crippen LogP contribution in [0.3, 0.4) is 0 Å². The van der Waals surface area contributed by atoms with Crippen molar-refractivity contribution in [2.45, 2.75) is 19.6 Å². The number of benzene rings is 1. The largest absolute Gasteiger partial charge is 0.482 e. The Bertz CT molecular complexity index is 470. The van der Waals surface area contributed by atoms with Gasteiger partial charge in [-0.3, -0.25) is 0 Å². The van der Waals surface area contributed by atoms with Crippen molar-refractivity contribution in [2.24, 2.45) is 5.92 Å². The zero-order chi connectivity index (χ0) is 15.8. The van der Waals surface area contributed by atoms with Gasteiger partial charge in [0.1, 0.15) is 5.75 Å². The second-order valence-electron chi connectivity index (χ2n) is 5.35. The van der Waals surface area contributed by atoms with Crippen molar-refractivity contribution in [3.05, 3.63) is 29.8 Å². The molecule has 0 radical (unpaired) electrons. The smallest absolute Gasteiger partial charge is 0.344 e. The monoisotopic (exact) mass is 344 g/mol. The SMILES string of the molecule is CCOC(=O)COc1ccc(CNCC2CNCC2O)cc1.Cl. The van der Waals surface area contributed by atoms with Crippen molar-refractivity contribution >= 4 is 18.4 Å². The van der Waals surface area contributed by atoms with Crippen LogP contribution in [0.4, 0.5) is 0 Å². The van der Waals surface area contributed by atoms with Gasteiger partial charge >= 0.3 is 5.97 Å². The Morgan fingerprint density at radius 2 is 2.09 bits per heavy atom. The van der Waals surface area contributed by atoms with Gasteiger partial charge in [0.15, 0.2) is 6.61 Å². The summed E-state index contributed by atoms with van der Waals surface area (Å²) in [7, 11) is 0. The van der Waals surface area contributed by atoms with Gasteiger partial charge in [-0.25, -0.2) is 4.79 Å². The maximum absolute atomic E-state index is 11.2. The van der Waals surface area contributed by atoms with E-state index >= 15 is 0 Å². The van der Waals surface area contributed by atoms with Crippen LogP contribution in [-0.2, 0) is 16.1 Å². The topological polar surface area (TPSA) is 79.8 Å². The number of rotatable bonds is 8. The lowest BCUT2D eigenvalue weighted by Gasteiger charge is -2.14. The first-order chi connectivity index (χ1) is 10.7. The van der Waals surface area contributed by atoms with E-state index in [0.717, 1.165) is 25.2 Å². The van der Waals surface area contributed by atoms with Crippen LogP contribution >= 0.6 is 12.4 Å². The Kier molecular flexibility index (Phi) is 8.94. The molecule has 0 aromatic heterocycles. The Labute approximate surface area is 143 Å². The molecule has 6 nitrogen and oxygen atoms in total. The van der Waals surface area contributed by atoms with Gasteiger partial charge < -0.3 is 25.2 Å². The minimum absolute atomic E-state index is 0. The molecule has 3 N–H and O–H groups in total. The summed E-state index contributed by atoms with van der Waals surface area (Å²) >= 11 is 0. The van der Waals surface area contributed by atoms with Gasteiger partial charge in [-0.05, 0) is 24.6 Å². The van der Waals surface area contributed by atoms with E-state index in [0.29, 0.717) is 18.9 Å². The second-order valence-corrected chi connectivity index (χ2v) is 5.35. The first-order valence-electron chi connectivity index (χ1n) is 7.66. The molecule has 1 aromatic carbocycles. The van der Waals surface area contributed by atoms with Gasteiger partial charge in [-0.2, -0.15) is 0 Å². The average molecular weight is 345 g/mol. The van der Waals surface area contributed by atoms with Gasteiger partial charge in [0.2, 0.25) is 0 Å². The molecule has 1 heterocycles. The fourth-order valence-corrected chi connectivity index (χ4v) is 2.38. The molecular weight excluding hydrogens is 320 g/mol. The van der Waals surface area contributed by atoms with Crippen LogP contribution in [0.15, 0.2) is 24.3 Å². The Balaban J connectivity index is 0.00000264. The van der Waals surface area contributed by atoms with Crippen molar-refractivity contribution in [2.75, 3.05) is 32.8 Å². The molecule has 0 bridgehead atoms. The molecule has 23 heavy (non-hydrogen) atoms. The minimum atomic E-state index is -0.364. The second kappa shape index (κ2) is 10.4. The van der Waals surface area contributed by atoms with E-state index in [1.54, 1.807) is 6.92 Å². The molecular formula is C16H25ClN2O4. The third-order valence-electron chi connectivity index (χ3n) is 3.63. The predicted octanol–water partition coefficient (Wildman–Crippen LogP) is 0.720. The minimum Gasteiger partial charge on any atom is -0.482 e. The third kappa shape index (κ3) is 6.74. The number of nitrogens with one attached hydrogen (secondary N) is 2. The van der Waals surface area contributed by atoms with Gasteiger partial charge in [-0.1, -0.05) is 12.1 Å². The third-order valence-corrected chi connectivity index (χ3v) is 3.63. The number of halogens is 1. The molecule has 1 fully saturated rings. The highest BCUT2D eigenvalue weighted by molar-refractivity contribution is 5.85. The summed E-state index contributed by atoms with van der Waals surface area (Å²) in [6.45, 7) is 5.11. The van der Waals surface area contributed by atoms with Crippen molar-refractivity contribution in [3.8, 4) is 5.75 Å². The summed E-state index contributed by atoms with van der Waals surface area (Å²) in [5, 5.41) is 16.2. The molecule has 1 aromatic rings. The van der Waals surface area contributed by atoms with Crippen molar-refractivity contribution < 1.29 is 19.4 Å². The lowest BCUT2D eigenvalue weighted by atomic mass is 10.1. The number of hydrogen-bond donors (Lipinski definition) is 3. The number of esters is 1. The van der Waals surface area contributed by atoms with Crippen molar-refractivity contribution in [1.29, 1.82) is 0 Å². The van der Waals surface area contributed by atoms with E-state index in [1.165, 1.54) is 0 Å². The van der Waals surface area contributed by atoms with Crippen LogP contribution in [0.25, 0.3) is 0 Å². The number of aliphatic hydroxyl groups excluding tert-OH is 1. The van der Waals surface area contributed by atoms with E-state index < -0.39 is 0 Å². The fourth-order valence-electron chi connectivity index (χ4n) is 2.38. The van der Waals surface area contributed by atoms with E-state index in [9.17, 15) is 9.90 Å². The first-order valence-corrected chi connectivity index (χ1v) is 7.66. The molecule has 1 aliphatic rings. The van der Waals surface area contributed by atoms with Crippen LogP contribution in [-0.4, -0.2) is 50.0 Å². The standard InChI is InChI=1S/C16H24N2O4.ClH/c1-2-21-16(20)11-22-14-5-3-12(4-6-14)7-17-8-13-9-18-10-15(13)19;/h3-6,13,15,17-19H,2,7-11H2,1H3;1H. The van der Waals surface area contributed by atoms with Crippen LogP contribution in [0.5, 0.6) is 5.75 Å². The summed E-state index contributed by atoms with van der Waals surface area (Å²) in [6, 6.07) is 7.58. The summed E-state index contributed by atoms with van der Waals surface area (Å²) in [5.74, 6) is 0.552. The number of carbonyl (C=O) groups excluding carboxylic acids is 1. The number of β-amino-alcohol motifs (C(OH)–C–C–N with tert-alkyl or cyclic N) is 1. The molecule has 130 valence electrons. The molecule has 1 saturated heterocycles. The van der Waals surface area contributed by atoms with E-state index in [2.05, 4.69) is 10.6 Å². The lowest BCUT2D eigenvalue weighted by molar-refractivity contribution is -0.145. The number of ether oxygens (including phenoxy) is 2. The maximum Gasteiger partial charge on any atom is 0.344 e. The average Bonchev–Trinajstić information content (AvgIpc) is 2.92. The summed E-state index contributed by atoms with van der Waals surface area (Å²) in [5.41, 5.74) is 1.13. The first kappa shape index (κ1) is 19.7. The molecule has 2 unspecified atom stereocenters. The van der Waals surface area contributed by atoms with Crippen molar-refractivity contribution in [1.82, 2.24) is 10.6 Å². The van der Waals surface area contributed by atoms with Crippen LogP contribution in [0, 0.1) is 5.92 Å². The Morgan fingerprint density at radius 1 is 1.35 bits per heavy atom. The number of carbonyl (C=O) groups is 1. The molecule has 0 saturated carbocycles. The molecule has 0 aliphatic carbocycles. The van der Waals surface area contributed by atoms with Gasteiger partial charge in [0.25, 0.3) is 0 Å². The van der Waals surface area contributed by atoms with Crippen LogP contribution in [0.2, 0.25) is 0 Å². The highest BCUT2D eigenvalue weighted by atomic mass is 35.5. The number of aliphatic hydroxyl groups is 1. The highest BCUT2D eigenvalue weighted by Crippen LogP contribution is 2.13. The molecule has 0 amide bonds. The zero-order valence-electron chi connectivity index (χ0n) is 13.3. The van der Waals surface area contributed by atoms with Crippen molar-refractivity contribution in [3.63, 3.8) is 0 Å². The normalized spacial score (nSPS) is 19.9. The molecule has 2 atom stereocenters. The summed E-state index contributed by atoms with van der Waals surface area (Å²) in [6.07, 6.45) is -0.258. The van der Waals surface area contributed by atoms with Gasteiger partial charge in [0, 0.05) is 32.1 Å². The molecule has 7 heteroatoms. The summed E-state index contributed by atoms with van der Waals surface area (Å²) in [4.78, 5) is 11.2. The Morgan fingerprint density at radius 3 is 2.70 bits per heavy atom. The molecule has 2 rings (SSSR count). The van der Waals surface area contributed by atoms with Crippen LogP contribution in [0.1, 0.15) is 12.5 Å². The number of hydrogen-bond acceptors (Lipinski definition) is 6. The lowest BCUT2D eigenvalue weighted by Crippen LogP contribution is -2.30. The van der Waals surface area contributed by atoms with E-state index in [1.807, 2.05) is 24.3 Å². The highest BCUT2D eigenvalue weighted by Gasteiger charge is 2.23. The predicted molar refractivity (Wildman–Crippen MR) is 89.9 cm³/mol. The molecule has 1 aliphatic heterocycles. The summed E-state index contributed by atoms with van der Waals surface area (Å²) < 4.78 is 10.1. The van der Waals surface area contributed by atoms with Gasteiger partial charge in [0.05, 0.1) is 12.7 Å². The quantitative estimate of drug-likeness (QED) is 0.603. The van der Waals surface area contributed by atoms with E-state index in [-0.39, 0.29) is 37.0 Å². The maximum atomic E-state index is 11.2. The van der Waals surface area contributed by atoms with Gasteiger partial charge in [-0.15, -0.1) is 12.4 Å². The Hall–Kier alpha value is -1.34. The zero-order valence-corrected chi connectivity index (χ0v) is 14.1.